The van der Waals surface area contributed by atoms with Gasteiger partial charge in [-0.1, -0.05) is 6.92 Å². The van der Waals surface area contributed by atoms with E-state index in [-0.39, 0.29) is 18.9 Å². The largest absolute Gasteiger partial charge is 0.331 e. The fourth-order valence-corrected chi connectivity index (χ4v) is 0. The van der Waals surface area contributed by atoms with E-state index in [2.05, 4.69) is 0 Å². The first-order valence-electron chi connectivity index (χ1n) is 1.12. The van der Waals surface area contributed by atoms with Gasteiger partial charge in [-0.25, -0.2) is 0 Å². The van der Waals surface area contributed by atoms with Crippen molar-refractivity contribution in [2.45, 2.75) is 6.92 Å². The monoisotopic (exact) mass is 52.1 g/mol. The number of hydrogen-bond acceptors (Lipinski definition) is 1. The van der Waals surface area contributed by atoms with E-state index in [4.69, 9.17) is 5.73 Å². The maximum Gasteiger partial charge on any atom is 0 e. The van der Waals surface area contributed by atoms with Gasteiger partial charge in [0.1, 0.15) is 0 Å². The van der Waals surface area contributed by atoms with Gasteiger partial charge in [0.05, 0.1) is 0 Å². The van der Waals surface area contributed by atoms with E-state index in [1.54, 1.807) is 0 Å². The van der Waals surface area contributed by atoms with Crippen molar-refractivity contribution >= 4 is 18.9 Å². The average Bonchev–Trinajstić information content (AvgIpc) is 0.918. The summed E-state index contributed by atoms with van der Waals surface area (Å²) in [6, 6.07) is 0. The van der Waals surface area contributed by atoms with E-state index in [1.807, 2.05) is 6.92 Å². The molecule has 0 fully saturated rings. The second-order valence-electron chi connectivity index (χ2n) is 0.408. The molecule has 0 aliphatic heterocycles. The molecule has 0 amide bonds. The quantitative estimate of drug-likeness (QED) is 0.372. The smallest absolute Gasteiger partial charge is 0 e. The molecular weight excluding hydrogens is 45.0 g/mol. The SMILES string of the molecule is CCN.[Li]. The van der Waals surface area contributed by atoms with Crippen molar-refractivity contribution in [2.24, 2.45) is 5.73 Å². The molecule has 0 aromatic carbocycles. The Morgan fingerprint density at radius 2 is 1.75 bits per heavy atom. The summed E-state index contributed by atoms with van der Waals surface area (Å²) < 4.78 is 0. The summed E-state index contributed by atoms with van der Waals surface area (Å²) in [5.74, 6) is 0. The summed E-state index contributed by atoms with van der Waals surface area (Å²) in [5.41, 5.74) is 4.85. The van der Waals surface area contributed by atoms with Crippen molar-refractivity contribution in [3.63, 3.8) is 0 Å². The van der Waals surface area contributed by atoms with Gasteiger partial charge in [0.25, 0.3) is 0 Å². The van der Waals surface area contributed by atoms with E-state index in [1.165, 1.54) is 0 Å². The summed E-state index contributed by atoms with van der Waals surface area (Å²) in [4.78, 5) is 0. The Labute approximate surface area is 38.7 Å². The van der Waals surface area contributed by atoms with E-state index in [0.29, 0.717) is 0 Å². The summed E-state index contributed by atoms with van der Waals surface area (Å²) in [5, 5.41) is 0. The standard InChI is InChI=1S/C2H7N.Li/c1-2-3;/h2-3H2,1H3;. The summed E-state index contributed by atoms with van der Waals surface area (Å²) >= 11 is 0. The van der Waals surface area contributed by atoms with Crippen LogP contribution in [0.25, 0.3) is 0 Å². The van der Waals surface area contributed by atoms with Crippen LogP contribution in [0.4, 0.5) is 0 Å². The third-order valence-corrected chi connectivity index (χ3v) is 0. The number of rotatable bonds is 0. The van der Waals surface area contributed by atoms with Crippen LogP contribution < -0.4 is 5.73 Å². The zero-order valence-electron chi connectivity index (χ0n) is 3.28. The van der Waals surface area contributed by atoms with Crippen LogP contribution in [0.5, 0.6) is 0 Å². The van der Waals surface area contributed by atoms with Crippen LogP contribution in [-0.2, 0) is 0 Å². The molecule has 0 aliphatic rings. The Bertz CT molecular complexity index is 6.00. The van der Waals surface area contributed by atoms with Gasteiger partial charge in [-0.2, -0.15) is 0 Å². The zero-order chi connectivity index (χ0) is 2.71. The summed E-state index contributed by atoms with van der Waals surface area (Å²) in [6.07, 6.45) is 0. The van der Waals surface area contributed by atoms with Crippen LogP contribution in [0, 0.1) is 0 Å². The zero-order valence-corrected chi connectivity index (χ0v) is 3.28. The molecule has 21 valence electrons. The predicted octanol–water partition coefficient (Wildman–Crippen LogP) is -0.416. The van der Waals surface area contributed by atoms with E-state index in [9.17, 15) is 0 Å². The minimum Gasteiger partial charge on any atom is -0.331 e. The van der Waals surface area contributed by atoms with E-state index < -0.39 is 0 Å². The Morgan fingerprint density at radius 1 is 1.75 bits per heavy atom. The summed E-state index contributed by atoms with van der Waals surface area (Å²) in [6.45, 7) is 2.65. The van der Waals surface area contributed by atoms with Gasteiger partial charge < -0.3 is 5.73 Å². The van der Waals surface area contributed by atoms with Crippen molar-refractivity contribution < 1.29 is 0 Å². The molecule has 0 atom stereocenters. The van der Waals surface area contributed by atoms with Crippen molar-refractivity contribution in [2.75, 3.05) is 6.54 Å². The molecule has 2 N–H and O–H groups in total. The van der Waals surface area contributed by atoms with Crippen LogP contribution in [0.1, 0.15) is 6.92 Å². The molecular formula is C2H7LiN. The maximum atomic E-state index is 4.85. The molecule has 2 heteroatoms. The molecule has 0 heterocycles. The van der Waals surface area contributed by atoms with Crippen LogP contribution in [0.2, 0.25) is 0 Å². The first kappa shape index (κ1) is 8.82. The Hall–Kier alpha value is 0.557. The Morgan fingerprint density at radius 3 is 1.75 bits per heavy atom. The predicted molar refractivity (Wildman–Crippen MR) is 20.5 cm³/mol. The van der Waals surface area contributed by atoms with Gasteiger partial charge in [0.2, 0.25) is 0 Å². The van der Waals surface area contributed by atoms with Crippen molar-refractivity contribution in [3.8, 4) is 0 Å². The fraction of sp³-hybridized carbons (Fsp3) is 1.00. The Balaban J connectivity index is 0. The molecule has 1 nitrogen and oxygen atoms in total. The van der Waals surface area contributed by atoms with Gasteiger partial charge in [-0.3, -0.25) is 0 Å². The molecule has 0 aromatic heterocycles. The molecule has 0 spiro atoms. The number of hydrogen-bond donors (Lipinski definition) is 1. The molecule has 0 saturated carbocycles. The van der Waals surface area contributed by atoms with Gasteiger partial charge in [-0.05, 0) is 6.54 Å². The van der Waals surface area contributed by atoms with Crippen LogP contribution in [0.3, 0.4) is 0 Å². The molecule has 1 radical (unpaired) electrons. The van der Waals surface area contributed by atoms with E-state index in [0.717, 1.165) is 6.54 Å². The topological polar surface area (TPSA) is 26.0 Å². The molecule has 0 aliphatic carbocycles. The minimum atomic E-state index is 0. The molecule has 0 unspecified atom stereocenters. The fourth-order valence-electron chi connectivity index (χ4n) is 0. The van der Waals surface area contributed by atoms with Crippen molar-refractivity contribution in [1.82, 2.24) is 0 Å². The molecule has 0 rings (SSSR count). The van der Waals surface area contributed by atoms with Crippen LogP contribution in [0.15, 0.2) is 0 Å². The third kappa shape index (κ3) is 20.0. The van der Waals surface area contributed by atoms with Crippen molar-refractivity contribution in [1.29, 1.82) is 0 Å². The van der Waals surface area contributed by atoms with Gasteiger partial charge in [0.15, 0.2) is 0 Å². The molecule has 0 saturated heterocycles. The van der Waals surface area contributed by atoms with Gasteiger partial charge in [0, 0.05) is 18.9 Å². The van der Waals surface area contributed by atoms with Gasteiger partial charge >= 0.3 is 0 Å². The molecule has 0 bridgehead atoms. The first-order chi connectivity index (χ1) is 1.41. The molecule has 0 aromatic rings. The third-order valence-electron chi connectivity index (χ3n) is 0. The second kappa shape index (κ2) is 9.59. The van der Waals surface area contributed by atoms with Crippen LogP contribution >= 0.6 is 0 Å². The van der Waals surface area contributed by atoms with Crippen molar-refractivity contribution in [3.05, 3.63) is 0 Å². The normalized spacial score (nSPS) is 4.50. The number of nitrogens with two attached hydrogens (primary N) is 1. The van der Waals surface area contributed by atoms with Gasteiger partial charge in [-0.15, -0.1) is 0 Å². The minimum absolute atomic E-state index is 0. The van der Waals surface area contributed by atoms with E-state index >= 15 is 0 Å². The summed E-state index contributed by atoms with van der Waals surface area (Å²) in [7, 11) is 0. The molecule has 4 heavy (non-hydrogen) atoms. The maximum absolute atomic E-state index is 4.85. The first-order valence-corrected chi connectivity index (χ1v) is 1.12. The van der Waals surface area contributed by atoms with Crippen LogP contribution in [-0.4, -0.2) is 25.4 Å². The Kier molecular flexibility index (Phi) is 21.1. The second-order valence-corrected chi connectivity index (χ2v) is 0.408. The average molecular weight is 52.0 g/mol.